The molecule has 1 aliphatic carbocycles. The summed E-state index contributed by atoms with van der Waals surface area (Å²) in [6, 6.07) is 42.7. The van der Waals surface area contributed by atoms with Crippen LogP contribution < -0.4 is 4.74 Å². The molecule has 0 fully saturated rings. The van der Waals surface area contributed by atoms with Crippen molar-refractivity contribution in [1.29, 1.82) is 0 Å². The molecule has 1 aromatic heterocycles. The first-order chi connectivity index (χ1) is 17.8. The highest BCUT2D eigenvalue weighted by Crippen LogP contribution is 2.55. The SMILES string of the molecule is COc1ccc(-c2nc(-c3ccccc3)c3c(c2-c2ccccc2)-c2cccc4cccc-3c24)cc1. The van der Waals surface area contributed by atoms with Gasteiger partial charge in [-0.15, -0.1) is 0 Å². The third-order valence-corrected chi connectivity index (χ3v) is 7.11. The first-order valence-corrected chi connectivity index (χ1v) is 12.2. The number of nitrogens with zero attached hydrogens (tertiary/aromatic N) is 1. The molecule has 0 saturated carbocycles. The van der Waals surface area contributed by atoms with Gasteiger partial charge in [-0.2, -0.15) is 0 Å². The van der Waals surface area contributed by atoms with Gasteiger partial charge in [-0.3, -0.25) is 0 Å². The molecule has 0 saturated heterocycles. The highest BCUT2D eigenvalue weighted by Gasteiger charge is 2.31. The molecule has 0 amide bonds. The van der Waals surface area contributed by atoms with Crippen LogP contribution in [0.25, 0.3) is 66.7 Å². The summed E-state index contributed by atoms with van der Waals surface area (Å²) in [7, 11) is 1.70. The van der Waals surface area contributed by atoms with E-state index in [0.29, 0.717) is 0 Å². The zero-order valence-electron chi connectivity index (χ0n) is 19.9. The highest BCUT2D eigenvalue weighted by molar-refractivity contribution is 6.21. The molecule has 0 spiro atoms. The van der Waals surface area contributed by atoms with Gasteiger partial charge in [-0.05, 0) is 51.7 Å². The van der Waals surface area contributed by atoms with Crippen LogP contribution in [-0.4, -0.2) is 12.1 Å². The van der Waals surface area contributed by atoms with E-state index in [-0.39, 0.29) is 0 Å². The van der Waals surface area contributed by atoms with Crippen molar-refractivity contribution >= 4 is 10.8 Å². The van der Waals surface area contributed by atoms with Gasteiger partial charge in [-0.25, -0.2) is 4.98 Å². The lowest BCUT2D eigenvalue weighted by Crippen LogP contribution is -1.98. The number of ether oxygens (including phenoxy) is 1. The van der Waals surface area contributed by atoms with Gasteiger partial charge in [0, 0.05) is 27.8 Å². The van der Waals surface area contributed by atoms with Gasteiger partial charge in [0.15, 0.2) is 0 Å². The number of methoxy groups -OCH3 is 1. The van der Waals surface area contributed by atoms with Gasteiger partial charge >= 0.3 is 0 Å². The van der Waals surface area contributed by atoms with Crippen molar-refractivity contribution < 1.29 is 4.74 Å². The summed E-state index contributed by atoms with van der Waals surface area (Å²) < 4.78 is 5.45. The van der Waals surface area contributed by atoms with Crippen LogP contribution >= 0.6 is 0 Å². The summed E-state index contributed by atoms with van der Waals surface area (Å²) in [5.74, 6) is 0.835. The standard InChI is InChI=1S/C34H23NO/c1-36-26-20-18-25(19-21-26)33-30(23-10-4-2-5-11-23)31-27-16-8-14-22-15-9-17-28(29(22)27)32(31)34(35-33)24-12-6-3-7-13-24/h2-21H,1H3. The Hall–Kier alpha value is -4.69. The Bertz CT molecular complexity index is 1730. The largest absolute Gasteiger partial charge is 0.497 e. The lowest BCUT2D eigenvalue weighted by molar-refractivity contribution is 0.415. The maximum Gasteiger partial charge on any atom is 0.118 e. The van der Waals surface area contributed by atoms with Crippen molar-refractivity contribution in [3.63, 3.8) is 0 Å². The maximum absolute atomic E-state index is 5.45. The Morgan fingerprint density at radius 1 is 0.472 bits per heavy atom. The molecule has 0 N–H and O–H groups in total. The fourth-order valence-corrected chi connectivity index (χ4v) is 5.52. The number of rotatable bonds is 4. The molecule has 1 aliphatic rings. The van der Waals surface area contributed by atoms with Crippen LogP contribution in [0.5, 0.6) is 5.75 Å². The summed E-state index contributed by atoms with van der Waals surface area (Å²) in [5, 5.41) is 2.56. The van der Waals surface area contributed by atoms with Crippen molar-refractivity contribution in [3.05, 3.63) is 121 Å². The van der Waals surface area contributed by atoms with Gasteiger partial charge in [0.05, 0.1) is 18.5 Å². The average Bonchev–Trinajstić information content (AvgIpc) is 3.29. The summed E-state index contributed by atoms with van der Waals surface area (Å²) in [4.78, 5) is 5.45. The zero-order valence-corrected chi connectivity index (χ0v) is 19.9. The fraction of sp³-hybridized carbons (Fsp3) is 0.0294. The topological polar surface area (TPSA) is 22.1 Å². The number of pyridine rings is 1. The monoisotopic (exact) mass is 461 g/mol. The molecule has 0 bridgehead atoms. The van der Waals surface area contributed by atoms with Crippen molar-refractivity contribution in [2.24, 2.45) is 0 Å². The summed E-state index contributed by atoms with van der Waals surface area (Å²) >= 11 is 0. The molecular weight excluding hydrogens is 438 g/mol. The predicted molar refractivity (Wildman–Crippen MR) is 149 cm³/mol. The second kappa shape index (κ2) is 8.21. The second-order valence-corrected chi connectivity index (χ2v) is 9.10. The van der Waals surface area contributed by atoms with E-state index in [4.69, 9.17) is 9.72 Å². The van der Waals surface area contributed by atoms with E-state index in [2.05, 4.69) is 109 Å². The smallest absolute Gasteiger partial charge is 0.118 e. The molecule has 0 atom stereocenters. The Labute approximate surface area is 210 Å². The van der Waals surface area contributed by atoms with Crippen LogP contribution in [0.4, 0.5) is 0 Å². The van der Waals surface area contributed by atoms with E-state index < -0.39 is 0 Å². The summed E-state index contributed by atoms with van der Waals surface area (Å²) in [5.41, 5.74) is 11.5. The van der Waals surface area contributed by atoms with Gasteiger partial charge in [-0.1, -0.05) is 97.1 Å². The minimum absolute atomic E-state index is 0.835. The van der Waals surface area contributed by atoms with Crippen molar-refractivity contribution in [2.45, 2.75) is 0 Å². The molecule has 0 aliphatic heterocycles. The zero-order chi connectivity index (χ0) is 24.1. The Morgan fingerprint density at radius 3 is 1.67 bits per heavy atom. The maximum atomic E-state index is 5.45. The molecule has 1 heterocycles. The lowest BCUT2D eigenvalue weighted by Gasteiger charge is -2.19. The average molecular weight is 462 g/mol. The van der Waals surface area contributed by atoms with E-state index in [0.717, 1.165) is 33.8 Å². The van der Waals surface area contributed by atoms with E-state index in [1.165, 1.54) is 38.6 Å². The van der Waals surface area contributed by atoms with Crippen molar-refractivity contribution in [2.75, 3.05) is 7.11 Å². The number of benzene rings is 5. The molecule has 5 aromatic carbocycles. The van der Waals surface area contributed by atoms with E-state index >= 15 is 0 Å². The molecule has 7 rings (SSSR count). The van der Waals surface area contributed by atoms with Crippen molar-refractivity contribution in [1.82, 2.24) is 4.98 Å². The molecule has 0 unspecified atom stereocenters. The van der Waals surface area contributed by atoms with Crippen LogP contribution in [-0.2, 0) is 0 Å². The number of hydrogen-bond acceptors (Lipinski definition) is 2. The third-order valence-electron chi connectivity index (χ3n) is 7.11. The highest BCUT2D eigenvalue weighted by atomic mass is 16.5. The van der Waals surface area contributed by atoms with Crippen LogP contribution in [0.3, 0.4) is 0 Å². The Morgan fingerprint density at radius 2 is 1.03 bits per heavy atom. The van der Waals surface area contributed by atoms with Crippen LogP contribution in [0, 0.1) is 0 Å². The van der Waals surface area contributed by atoms with Crippen LogP contribution in [0.15, 0.2) is 121 Å². The first-order valence-electron chi connectivity index (χ1n) is 12.2. The molecule has 6 aromatic rings. The molecule has 0 radical (unpaired) electrons. The minimum Gasteiger partial charge on any atom is -0.497 e. The molecule has 170 valence electrons. The second-order valence-electron chi connectivity index (χ2n) is 9.10. The lowest BCUT2D eigenvalue weighted by atomic mass is 9.88. The summed E-state index contributed by atoms with van der Waals surface area (Å²) in [6.07, 6.45) is 0. The minimum atomic E-state index is 0.835. The summed E-state index contributed by atoms with van der Waals surface area (Å²) in [6.45, 7) is 0. The van der Waals surface area contributed by atoms with Gasteiger partial charge in [0.25, 0.3) is 0 Å². The van der Waals surface area contributed by atoms with Gasteiger partial charge < -0.3 is 4.74 Å². The first kappa shape index (κ1) is 20.7. The number of aromatic nitrogens is 1. The van der Waals surface area contributed by atoms with E-state index in [9.17, 15) is 0 Å². The Balaban J connectivity index is 1.67. The van der Waals surface area contributed by atoms with Gasteiger partial charge in [0.1, 0.15) is 5.75 Å². The fourth-order valence-electron chi connectivity index (χ4n) is 5.52. The van der Waals surface area contributed by atoms with E-state index in [1.54, 1.807) is 7.11 Å². The molecule has 2 heteroatoms. The van der Waals surface area contributed by atoms with Crippen molar-refractivity contribution in [3.8, 4) is 61.6 Å². The quantitative estimate of drug-likeness (QED) is 0.261. The Kier molecular flexibility index (Phi) is 4.71. The van der Waals surface area contributed by atoms with Crippen LogP contribution in [0.2, 0.25) is 0 Å². The molecule has 36 heavy (non-hydrogen) atoms. The van der Waals surface area contributed by atoms with E-state index in [1.807, 2.05) is 12.1 Å². The van der Waals surface area contributed by atoms with Gasteiger partial charge in [0.2, 0.25) is 0 Å². The number of fused-ring (bicyclic) bond motifs is 3. The third kappa shape index (κ3) is 3.08. The number of hydrogen-bond donors (Lipinski definition) is 0. The molecule has 2 nitrogen and oxygen atoms in total. The normalized spacial score (nSPS) is 11.5. The molecular formula is C34H23NO. The van der Waals surface area contributed by atoms with Crippen LogP contribution in [0.1, 0.15) is 0 Å². The predicted octanol–water partition coefficient (Wildman–Crippen LogP) is 8.89.